The first kappa shape index (κ1) is 11.0. The van der Waals surface area contributed by atoms with E-state index in [4.69, 9.17) is 5.11 Å². The lowest BCUT2D eigenvalue weighted by atomic mass is 10.1. The molecule has 1 aromatic rings. The van der Waals surface area contributed by atoms with Gasteiger partial charge in [-0.1, -0.05) is 0 Å². The number of rotatable bonds is 1. The predicted molar refractivity (Wildman–Crippen MR) is 43.9 cm³/mol. The number of alkyl halides is 3. The van der Waals surface area contributed by atoms with Crippen molar-refractivity contribution >= 4 is 21.9 Å². The molecule has 0 spiro atoms. The number of pyridine rings is 1. The van der Waals surface area contributed by atoms with E-state index in [1.165, 1.54) is 0 Å². The fourth-order valence-corrected chi connectivity index (χ4v) is 1.38. The van der Waals surface area contributed by atoms with Crippen LogP contribution in [0.3, 0.4) is 0 Å². The van der Waals surface area contributed by atoms with E-state index in [0.717, 1.165) is 6.20 Å². The lowest BCUT2D eigenvalue weighted by Crippen LogP contribution is -2.14. The summed E-state index contributed by atoms with van der Waals surface area (Å²) in [5, 5.41) is 8.54. The van der Waals surface area contributed by atoms with Crippen LogP contribution < -0.4 is 0 Å². The zero-order valence-corrected chi connectivity index (χ0v) is 8.06. The molecule has 1 rings (SSSR count). The van der Waals surface area contributed by atoms with Crippen LogP contribution in [0.5, 0.6) is 0 Å². The van der Waals surface area contributed by atoms with Gasteiger partial charge in [0.2, 0.25) is 0 Å². The molecule has 14 heavy (non-hydrogen) atoms. The Kier molecular flexibility index (Phi) is 2.79. The molecule has 0 aliphatic rings. The third kappa shape index (κ3) is 2.03. The standard InChI is InChI=1S/C7H3BrF3NO2/c8-5-4(6(13)14)3(1-2-12-5)7(9,10)11/h1-2H,(H,13,14). The highest BCUT2D eigenvalue weighted by Gasteiger charge is 2.36. The van der Waals surface area contributed by atoms with Gasteiger partial charge in [-0.05, 0) is 22.0 Å². The van der Waals surface area contributed by atoms with Crippen molar-refractivity contribution in [3.8, 4) is 0 Å². The van der Waals surface area contributed by atoms with Gasteiger partial charge >= 0.3 is 12.1 Å². The van der Waals surface area contributed by atoms with Gasteiger partial charge in [-0.25, -0.2) is 9.78 Å². The molecule has 0 aliphatic heterocycles. The Bertz CT molecular complexity index is 378. The summed E-state index contributed by atoms with van der Waals surface area (Å²) in [7, 11) is 0. The van der Waals surface area contributed by atoms with Crippen LogP contribution in [-0.4, -0.2) is 16.1 Å². The number of carbonyl (C=O) groups is 1. The Morgan fingerprint density at radius 3 is 2.43 bits per heavy atom. The van der Waals surface area contributed by atoms with Crippen LogP contribution in [-0.2, 0) is 6.18 Å². The van der Waals surface area contributed by atoms with Crippen LogP contribution in [0.4, 0.5) is 13.2 Å². The van der Waals surface area contributed by atoms with Gasteiger partial charge in [0.05, 0.1) is 5.56 Å². The lowest BCUT2D eigenvalue weighted by molar-refractivity contribution is -0.138. The SMILES string of the molecule is O=C(O)c1c(C(F)(F)F)ccnc1Br. The highest BCUT2D eigenvalue weighted by Crippen LogP contribution is 2.33. The molecule has 3 nitrogen and oxygen atoms in total. The Morgan fingerprint density at radius 1 is 1.50 bits per heavy atom. The molecular formula is C7H3BrF3NO2. The van der Waals surface area contributed by atoms with Crippen molar-refractivity contribution in [1.29, 1.82) is 0 Å². The van der Waals surface area contributed by atoms with E-state index in [0.29, 0.717) is 6.07 Å². The Labute approximate surface area is 84.7 Å². The molecule has 7 heteroatoms. The first-order chi connectivity index (χ1) is 6.34. The summed E-state index contributed by atoms with van der Waals surface area (Å²) in [4.78, 5) is 13.9. The minimum Gasteiger partial charge on any atom is -0.478 e. The van der Waals surface area contributed by atoms with Crippen molar-refractivity contribution in [2.45, 2.75) is 6.18 Å². The molecule has 0 saturated heterocycles. The summed E-state index contributed by atoms with van der Waals surface area (Å²) in [6, 6.07) is 0.619. The number of halogens is 4. The van der Waals surface area contributed by atoms with E-state index in [-0.39, 0.29) is 4.60 Å². The average molecular weight is 270 g/mol. The molecule has 0 aromatic carbocycles. The molecule has 0 amide bonds. The molecule has 0 aliphatic carbocycles. The fourth-order valence-electron chi connectivity index (χ4n) is 0.876. The van der Waals surface area contributed by atoms with Gasteiger partial charge in [-0.3, -0.25) is 0 Å². The van der Waals surface area contributed by atoms with Crippen molar-refractivity contribution < 1.29 is 23.1 Å². The van der Waals surface area contributed by atoms with Crippen LogP contribution in [0.15, 0.2) is 16.9 Å². The Morgan fingerprint density at radius 2 is 2.07 bits per heavy atom. The quantitative estimate of drug-likeness (QED) is 0.798. The molecule has 0 saturated carbocycles. The maximum absolute atomic E-state index is 12.3. The normalized spacial score (nSPS) is 11.4. The zero-order chi connectivity index (χ0) is 10.9. The summed E-state index contributed by atoms with van der Waals surface area (Å²) in [6.07, 6.45) is -3.81. The Balaban J connectivity index is 3.44. The highest BCUT2D eigenvalue weighted by atomic mass is 79.9. The fraction of sp³-hybridized carbons (Fsp3) is 0.143. The summed E-state index contributed by atoms with van der Waals surface area (Å²) < 4.78 is 36.5. The monoisotopic (exact) mass is 269 g/mol. The molecule has 0 bridgehead atoms. The largest absolute Gasteiger partial charge is 0.478 e. The van der Waals surface area contributed by atoms with Gasteiger partial charge in [0.15, 0.2) is 0 Å². The third-order valence-electron chi connectivity index (χ3n) is 1.42. The maximum Gasteiger partial charge on any atom is 0.417 e. The smallest absolute Gasteiger partial charge is 0.417 e. The van der Waals surface area contributed by atoms with Crippen molar-refractivity contribution in [3.05, 3.63) is 28.0 Å². The number of aromatic carboxylic acids is 1. The second kappa shape index (κ2) is 3.56. The molecule has 1 aromatic heterocycles. The summed E-state index contributed by atoms with van der Waals surface area (Å²) in [5.74, 6) is -1.67. The topological polar surface area (TPSA) is 50.2 Å². The molecule has 1 N–H and O–H groups in total. The van der Waals surface area contributed by atoms with E-state index in [1.54, 1.807) is 0 Å². The van der Waals surface area contributed by atoms with Crippen LogP contribution in [0.1, 0.15) is 15.9 Å². The van der Waals surface area contributed by atoms with Gasteiger partial charge < -0.3 is 5.11 Å². The number of hydrogen-bond donors (Lipinski definition) is 1. The average Bonchev–Trinajstić information content (AvgIpc) is 2.01. The second-order valence-corrected chi connectivity index (χ2v) is 3.08. The van der Waals surface area contributed by atoms with Gasteiger partial charge in [-0.2, -0.15) is 13.2 Å². The number of hydrogen-bond acceptors (Lipinski definition) is 2. The predicted octanol–water partition coefficient (Wildman–Crippen LogP) is 2.56. The van der Waals surface area contributed by atoms with E-state index in [2.05, 4.69) is 20.9 Å². The number of carboxylic acid groups (broad SMARTS) is 1. The molecular weight excluding hydrogens is 267 g/mol. The van der Waals surface area contributed by atoms with Gasteiger partial charge in [0.1, 0.15) is 10.2 Å². The number of aromatic nitrogens is 1. The number of nitrogens with zero attached hydrogens (tertiary/aromatic N) is 1. The summed E-state index contributed by atoms with van der Waals surface area (Å²) in [5.41, 5.74) is -2.09. The first-order valence-corrected chi connectivity index (χ1v) is 4.08. The summed E-state index contributed by atoms with van der Waals surface area (Å²) >= 11 is 2.65. The number of carboxylic acids is 1. The molecule has 76 valence electrons. The molecule has 1 heterocycles. The maximum atomic E-state index is 12.3. The van der Waals surface area contributed by atoms with E-state index < -0.39 is 23.3 Å². The minimum absolute atomic E-state index is 0.333. The van der Waals surface area contributed by atoms with Crippen molar-refractivity contribution in [2.75, 3.05) is 0 Å². The van der Waals surface area contributed by atoms with Crippen molar-refractivity contribution in [3.63, 3.8) is 0 Å². The van der Waals surface area contributed by atoms with Gasteiger partial charge in [-0.15, -0.1) is 0 Å². The molecule has 0 unspecified atom stereocenters. The van der Waals surface area contributed by atoms with E-state index in [1.807, 2.05) is 0 Å². The van der Waals surface area contributed by atoms with Gasteiger partial charge in [0.25, 0.3) is 0 Å². The summed E-state index contributed by atoms with van der Waals surface area (Å²) in [6.45, 7) is 0. The van der Waals surface area contributed by atoms with Crippen molar-refractivity contribution in [2.24, 2.45) is 0 Å². The molecule has 0 atom stereocenters. The lowest BCUT2D eigenvalue weighted by Gasteiger charge is -2.09. The van der Waals surface area contributed by atoms with Gasteiger partial charge in [0, 0.05) is 6.20 Å². The second-order valence-electron chi connectivity index (χ2n) is 2.33. The van der Waals surface area contributed by atoms with Crippen LogP contribution in [0.25, 0.3) is 0 Å². The minimum atomic E-state index is -4.70. The molecule has 0 radical (unpaired) electrons. The highest BCUT2D eigenvalue weighted by molar-refractivity contribution is 9.10. The first-order valence-electron chi connectivity index (χ1n) is 3.29. The van der Waals surface area contributed by atoms with E-state index >= 15 is 0 Å². The van der Waals surface area contributed by atoms with Crippen LogP contribution in [0, 0.1) is 0 Å². The van der Waals surface area contributed by atoms with Crippen LogP contribution in [0.2, 0.25) is 0 Å². The Hall–Kier alpha value is -1.11. The zero-order valence-electron chi connectivity index (χ0n) is 6.47. The van der Waals surface area contributed by atoms with E-state index in [9.17, 15) is 18.0 Å². The molecule has 0 fully saturated rings. The van der Waals surface area contributed by atoms with Crippen LogP contribution >= 0.6 is 15.9 Å². The van der Waals surface area contributed by atoms with Crippen molar-refractivity contribution in [1.82, 2.24) is 4.98 Å². The third-order valence-corrected chi connectivity index (χ3v) is 2.03.